The summed E-state index contributed by atoms with van der Waals surface area (Å²) in [5.41, 5.74) is 1.82. The van der Waals surface area contributed by atoms with Crippen molar-refractivity contribution in [1.29, 1.82) is 0 Å². The fourth-order valence-electron chi connectivity index (χ4n) is 1.80. The first kappa shape index (κ1) is 14.6. The zero-order valence-corrected chi connectivity index (χ0v) is 12.6. The van der Waals surface area contributed by atoms with Crippen LogP contribution < -0.4 is 0 Å². The lowest BCUT2D eigenvalue weighted by molar-refractivity contribution is 0.131. The van der Waals surface area contributed by atoms with E-state index in [4.69, 9.17) is 40.2 Å². The molecule has 0 spiro atoms. The summed E-state index contributed by atoms with van der Waals surface area (Å²) >= 11 is 17.3. The van der Waals surface area contributed by atoms with Crippen molar-refractivity contribution < 1.29 is 4.74 Å². The van der Waals surface area contributed by atoms with E-state index in [2.05, 4.69) is 11.6 Å². The van der Waals surface area contributed by atoms with E-state index in [9.17, 15) is 0 Å². The molecule has 0 unspecified atom stereocenters. The fraction of sp³-hybridized carbons (Fsp3) is 0.308. The molecule has 1 aromatic heterocycles. The smallest absolute Gasteiger partial charge is 0.178 e. The summed E-state index contributed by atoms with van der Waals surface area (Å²) in [5, 5.41) is 1.03. The number of hydrogen-bond donors (Lipinski definition) is 1. The standard InChI is InChI=1S/C13H14Cl2N2OS/c1-2-3-5-18-6-4-17-12-8-10(15)9(14)7-11(12)16-13(17)19/h2,7-8H,1,3-6H2,(H,16,19). The number of H-pyrrole nitrogens is 1. The van der Waals surface area contributed by atoms with Gasteiger partial charge in [-0.05, 0) is 30.8 Å². The monoisotopic (exact) mass is 316 g/mol. The van der Waals surface area contributed by atoms with Gasteiger partial charge in [0.25, 0.3) is 0 Å². The fourth-order valence-corrected chi connectivity index (χ4v) is 2.42. The number of ether oxygens (including phenoxy) is 1. The van der Waals surface area contributed by atoms with Gasteiger partial charge in [0.15, 0.2) is 4.77 Å². The van der Waals surface area contributed by atoms with Crippen molar-refractivity contribution in [1.82, 2.24) is 9.55 Å². The topological polar surface area (TPSA) is 29.9 Å². The molecule has 0 aliphatic heterocycles. The summed E-state index contributed by atoms with van der Waals surface area (Å²) in [6.45, 7) is 5.59. The number of rotatable bonds is 6. The van der Waals surface area contributed by atoms with Gasteiger partial charge < -0.3 is 14.3 Å². The molecular weight excluding hydrogens is 303 g/mol. The quantitative estimate of drug-likeness (QED) is 0.479. The summed E-state index contributed by atoms with van der Waals surface area (Å²) in [6, 6.07) is 3.60. The van der Waals surface area contributed by atoms with Crippen LogP contribution in [0, 0.1) is 4.77 Å². The maximum absolute atomic E-state index is 6.04. The van der Waals surface area contributed by atoms with E-state index in [1.54, 1.807) is 6.07 Å². The number of fused-ring (bicyclic) bond motifs is 1. The van der Waals surface area contributed by atoms with Crippen molar-refractivity contribution in [2.75, 3.05) is 13.2 Å². The Morgan fingerprint density at radius 2 is 2.05 bits per heavy atom. The number of aromatic nitrogens is 2. The summed E-state index contributed by atoms with van der Waals surface area (Å²) in [7, 11) is 0. The second-order valence-corrected chi connectivity index (χ2v) is 5.26. The third-order valence-corrected chi connectivity index (χ3v) is 3.79. The number of aromatic amines is 1. The molecule has 6 heteroatoms. The number of benzene rings is 1. The van der Waals surface area contributed by atoms with E-state index in [1.807, 2.05) is 16.7 Å². The summed E-state index contributed by atoms with van der Waals surface area (Å²) in [5.74, 6) is 0. The number of nitrogens with one attached hydrogen (secondary N) is 1. The van der Waals surface area contributed by atoms with E-state index >= 15 is 0 Å². The Hall–Kier alpha value is -0.810. The minimum Gasteiger partial charge on any atom is -0.379 e. The Kier molecular flexibility index (Phi) is 5.05. The van der Waals surface area contributed by atoms with Crippen LogP contribution in [0.5, 0.6) is 0 Å². The van der Waals surface area contributed by atoms with Gasteiger partial charge >= 0.3 is 0 Å². The SMILES string of the molecule is C=CCCOCCn1c(=S)[nH]c2cc(Cl)c(Cl)cc21. The second kappa shape index (κ2) is 6.57. The lowest BCUT2D eigenvalue weighted by Crippen LogP contribution is -2.06. The Labute approximate surface area is 126 Å². The number of imidazole rings is 1. The molecule has 3 nitrogen and oxygen atoms in total. The molecule has 1 aromatic carbocycles. The molecule has 0 amide bonds. The van der Waals surface area contributed by atoms with E-state index in [1.165, 1.54) is 0 Å². The molecule has 0 saturated carbocycles. The van der Waals surface area contributed by atoms with E-state index in [-0.39, 0.29) is 0 Å². The predicted molar refractivity (Wildman–Crippen MR) is 82.8 cm³/mol. The lowest BCUT2D eigenvalue weighted by atomic mass is 10.3. The first-order valence-electron chi connectivity index (χ1n) is 5.89. The highest BCUT2D eigenvalue weighted by Gasteiger charge is 2.07. The third-order valence-electron chi connectivity index (χ3n) is 2.74. The summed E-state index contributed by atoms with van der Waals surface area (Å²) < 4.78 is 8.09. The molecule has 1 heterocycles. The first-order chi connectivity index (χ1) is 9.13. The molecule has 0 aliphatic carbocycles. The van der Waals surface area contributed by atoms with Crippen LogP contribution in [0.1, 0.15) is 6.42 Å². The number of hydrogen-bond acceptors (Lipinski definition) is 2. The van der Waals surface area contributed by atoms with Gasteiger partial charge in [-0.15, -0.1) is 6.58 Å². The van der Waals surface area contributed by atoms with Gasteiger partial charge in [-0.25, -0.2) is 0 Å². The zero-order chi connectivity index (χ0) is 13.8. The van der Waals surface area contributed by atoms with E-state index in [0.29, 0.717) is 34.6 Å². The molecular formula is C13H14Cl2N2OS. The van der Waals surface area contributed by atoms with Gasteiger partial charge in [0.2, 0.25) is 0 Å². The molecule has 0 fully saturated rings. The Morgan fingerprint density at radius 3 is 2.79 bits per heavy atom. The van der Waals surface area contributed by atoms with Gasteiger partial charge in [0.05, 0.1) is 34.3 Å². The van der Waals surface area contributed by atoms with Crippen molar-refractivity contribution in [2.45, 2.75) is 13.0 Å². The molecule has 0 saturated heterocycles. The van der Waals surface area contributed by atoms with Crippen LogP contribution in [-0.2, 0) is 11.3 Å². The molecule has 0 radical (unpaired) electrons. The third kappa shape index (κ3) is 3.39. The lowest BCUT2D eigenvalue weighted by Gasteiger charge is -2.06. The minimum atomic E-state index is 0.514. The van der Waals surface area contributed by atoms with Crippen LogP contribution in [0.25, 0.3) is 11.0 Å². The maximum Gasteiger partial charge on any atom is 0.178 e. The molecule has 19 heavy (non-hydrogen) atoms. The van der Waals surface area contributed by atoms with Crippen molar-refractivity contribution in [3.63, 3.8) is 0 Å². The largest absolute Gasteiger partial charge is 0.379 e. The molecule has 2 rings (SSSR count). The van der Waals surface area contributed by atoms with Crippen LogP contribution in [0.3, 0.4) is 0 Å². The summed E-state index contributed by atoms with van der Waals surface area (Å²) in [4.78, 5) is 3.11. The highest BCUT2D eigenvalue weighted by molar-refractivity contribution is 7.71. The van der Waals surface area contributed by atoms with Crippen LogP contribution in [-0.4, -0.2) is 22.8 Å². The maximum atomic E-state index is 6.04. The zero-order valence-electron chi connectivity index (χ0n) is 10.3. The van der Waals surface area contributed by atoms with Crippen molar-refractivity contribution in [3.8, 4) is 0 Å². The van der Waals surface area contributed by atoms with Crippen LogP contribution in [0.2, 0.25) is 10.0 Å². The number of halogens is 2. The van der Waals surface area contributed by atoms with Crippen molar-refractivity contribution in [3.05, 3.63) is 39.6 Å². The normalized spacial score (nSPS) is 11.1. The van der Waals surface area contributed by atoms with Gasteiger partial charge in [-0.2, -0.15) is 0 Å². The van der Waals surface area contributed by atoms with Crippen LogP contribution in [0.4, 0.5) is 0 Å². The first-order valence-corrected chi connectivity index (χ1v) is 7.06. The molecule has 2 aromatic rings. The second-order valence-electron chi connectivity index (χ2n) is 4.05. The molecule has 102 valence electrons. The van der Waals surface area contributed by atoms with E-state index < -0.39 is 0 Å². The summed E-state index contributed by atoms with van der Waals surface area (Å²) in [6.07, 6.45) is 2.68. The van der Waals surface area contributed by atoms with E-state index in [0.717, 1.165) is 17.5 Å². The molecule has 0 atom stereocenters. The highest BCUT2D eigenvalue weighted by Crippen LogP contribution is 2.27. The number of nitrogens with zero attached hydrogens (tertiary/aromatic N) is 1. The highest BCUT2D eigenvalue weighted by atomic mass is 35.5. The van der Waals surface area contributed by atoms with Gasteiger partial charge in [-0.1, -0.05) is 29.3 Å². The molecule has 0 bridgehead atoms. The van der Waals surface area contributed by atoms with Gasteiger partial charge in [-0.3, -0.25) is 0 Å². The Bertz CT molecular complexity index is 648. The Morgan fingerprint density at radius 1 is 1.32 bits per heavy atom. The molecule has 1 N–H and O–H groups in total. The van der Waals surface area contributed by atoms with Crippen molar-refractivity contribution >= 4 is 46.5 Å². The minimum absolute atomic E-state index is 0.514. The Balaban J connectivity index is 2.18. The average molecular weight is 317 g/mol. The van der Waals surface area contributed by atoms with Gasteiger partial charge in [0, 0.05) is 6.54 Å². The molecule has 0 aliphatic rings. The van der Waals surface area contributed by atoms with Crippen molar-refractivity contribution in [2.24, 2.45) is 0 Å². The van der Waals surface area contributed by atoms with Crippen LogP contribution in [0.15, 0.2) is 24.8 Å². The van der Waals surface area contributed by atoms with Gasteiger partial charge in [0.1, 0.15) is 0 Å². The average Bonchev–Trinajstić information content (AvgIpc) is 2.66. The predicted octanol–water partition coefficient (Wildman–Crippen LogP) is 4.60. The van der Waals surface area contributed by atoms with Crippen LogP contribution >= 0.6 is 35.4 Å².